The van der Waals surface area contributed by atoms with Crippen molar-refractivity contribution >= 4 is 0 Å². The first-order chi connectivity index (χ1) is 4.22. The van der Waals surface area contributed by atoms with E-state index in [1.54, 1.807) is 0 Å². The molecule has 0 spiro atoms. The van der Waals surface area contributed by atoms with Gasteiger partial charge in [-0.05, 0) is 20.4 Å². The van der Waals surface area contributed by atoms with E-state index in [1.807, 2.05) is 7.05 Å². The quantitative estimate of drug-likeness (QED) is 0.607. The second kappa shape index (κ2) is 4.77. The summed E-state index contributed by atoms with van der Waals surface area (Å²) < 4.78 is 0. The van der Waals surface area contributed by atoms with Crippen LogP contribution in [-0.4, -0.2) is 36.2 Å². The van der Waals surface area contributed by atoms with Crippen LogP contribution in [0.4, 0.5) is 0 Å². The second-order valence-electron chi connectivity index (χ2n) is 2.46. The van der Waals surface area contributed by atoms with E-state index >= 15 is 0 Å². The van der Waals surface area contributed by atoms with E-state index < -0.39 is 0 Å². The number of aliphatic hydroxyl groups excluding tert-OH is 1. The van der Waals surface area contributed by atoms with Crippen molar-refractivity contribution in [2.75, 3.05) is 20.2 Å². The minimum absolute atomic E-state index is 0.265. The molecule has 0 aliphatic rings. The van der Waals surface area contributed by atoms with Crippen molar-refractivity contribution < 1.29 is 5.11 Å². The molecule has 56 valence electrons. The van der Waals surface area contributed by atoms with Gasteiger partial charge in [-0.1, -0.05) is 6.92 Å². The van der Waals surface area contributed by atoms with E-state index in [-0.39, 0.29) is 6.61 Å². The first kappa shape index (κ1) is 8.92. The second-order valence-corrected chi connectivity index (χ2v) is 2.46. The summed E-state index contributed by atoms with van der Waals surface area (Å²) in [5.74, 6) is 0. The fraction of sp³-hybridized carbons (Fsp3) is 1.00. The lowest BCUT2D eigenvalue weighted by molar-refractivity contribution is 0.185. The molecule has 0 radical (unpaired) electrons. The lowest BCUT2D eigenvalue weighted by atomic mass is 10.2. The standard InChI is InChI=1S/C7H17NO/c1-4-7(2)8(3)5-6-9/h7,9H,4-6H2,1-3H3/t7-/m0/s1. The minimum Gasteiger partial charge on any atom is -0.395 e. The van der Waals surface area contributed by atoms with E-state index in [2.05, 4.69) is 18.7 Å². The molecule has 0 saturated heterocycles. The lowest BCUT2D eigenvalue weighted by Crippen LogP contribution is -2.30. The van der Waals surface area contributed by atoms with Crippen molar-refractivity contribution in [3.63, 3.8) is 0 Å². The number of nitrogens with zero attached hydrogens (tertiary/aromatic N) is 1. The minimum atomic E-state index is 0.265. The zero-order valence-corrected chi connectivity index (χ0v) is 6.59. The first-order valence-electron chi connectivity index (χ1n) is 3.53. The Labute approximate surface area is 57.5 Å². The number of hydrogen-bond donors (Lipinski definition) is 1. The molecule has 1 atom stereocenters. The molecule has 0 fully saturated rings. The van der Waals surface area contributed by atoms with Crippen molar-refractivity contribution in [1.82, 2.24) is 4.90 Å². The molecule has 0 rings (SSSR count). The van der Waals surface area contributed by atoms with Gasteiger partial charge in [0.05, 0.1) is 6.61 Å². The molecule has 0 aliphatic carbocycles. The van der Waals surface area contributed by atoms with E-state index in [4.69, 9.17) is 5.11 Å². The SMILES string of the molecule is CC[C@H](C)N(C)CCO. The Hall–Kier alpha value is -0.0800. The third-order valence-corrected chi connectivity index (χ3v) is 1.80. The van der Waals surface area contributed by atoms with Crippen LogP contribution in [0.1, 0.15) is 20.3 Å². The number of hydrogen-bond acceptors (Lipinski definition) is 2. The average Bonchev–Trinajstić information content (AvgIpc) is 1.87. The highest BCUT2D eigenvalue weighted by Gasteiger charge is 2.03. The molecule has 0 amide bonds. The van der Waals surface area contributed by atoms with Crippen molar-refractivity contribution in [1.29, 1.82) is 0 Å². The Balaban J connectivity index is 3.32. The van der Waals surface area contributed by atoms with Gasteiger partial charge in [0.15, 0.2) is 0 Å². The van der Waals surface area contributed by atoms with Gasteiger partial charge < -0.3 is 10.0 Å². The molecular formula is C7H17NO. The predicted octanol–water partition coefficient (Wildman–Crippen LogP) is 0.709. The van der Waals surface area contributed by atoms with Gasteiger partial charge in [-0.2, -0.15) is 0 Å². The van der Waals surface area contributed by atoms with Crippen molar-refractivity contribution in [3.8, 4) is 0 Å². The van der Waals surface area contributed by atoms with E-state index in [1.165, 1.54) is 0 Å². The van der Waals surface area contributed by atoms with E-state index in [0.29, 0.717) is 6.04 Å². The number of aliphatic hydroxyl groups is 1. The molecule has 0 aliphatic heterocycles. The third kappa shape index (κ3) is 3.49. The molecule has 0 saturated carbocycles. The highest BCUT2D eigenvalue weighted by molar-refractivity contribution is 4.58. The van der Waals surface area contributed by atoms with Crippen molar-refractivity contribution in [2.24, 2.45) is 0 Å². The average molecular weight is 131 g/mol. The monoisotopic (exact) mass is 131 g/mol. The molecule has 0 bridgehead atoms. The molecule has 2 nitrogen and oxygen atoms in total. The van der Waals surface area contributed by atoms with Crippen molar-refractivity contribution in [3.05, 3.63) is 0 Å². The summed E-state index contributed by atoms with van der Waals surface area (Å²) in [6.45, 7) is 5.37. The summed E-state index contributed by atoms with van der Waals surface area (Å²) >= 11 is 0. The van der Waals surface area contributed by atoms with Gasteiger partial charge in [0.2, 0.25) is 0 Å². The Morgan fingerprint density at radius 3 is 2.44 bits per heavy atom. The first-order valence-corrected chi connectivity index (χ1v) is 3.53. The van der Waals surface area contributed by atoms with Crippen LogP contribution in [0.15, 0.2) is 0 Å². The normalized spacial score (nSPS) is 14.3. The van der Waals surface area contributed by atoms with Crippen LogP contribution in [0.25, 0.3) is 0 Å². The maximum Gasteiger partial charge on any atom is 0.0558 e. The van der Waals surface area contributed by atoms with Gasteiger partial charge in [-0.25, -0.2) is 0 Å². The molecular weight excluding hydrogens is 114 g/mol. The van der Waals surface area contributed by atoms with Gasteiger partial charge in [0, 0.05) is 12.6 Å². The fourth-order valence-electron chi connectivity index (χ4n) is 0.690. The summed E-state index contributed by atoms with van der Waals surface area (Å²) in [6, 6.07) is 0.595. The summed E-state index contributed by atoms with van der Waals surface area (Å²) in [4.78, 5) is 2.15. The zero-order chi connectivity index (χ0) is 7.28. The van der Waals surface area contributed by atoms with Gasteiger partial charge in [-0.15, -0.1) is 0 Å². The van der Waals surface area contributed by atoms with E-state index in [9.17, 15) is 0 Å². The summed E-state index contributed by atoms with van der Waals surface area (Å²) in [5.41, 5.74) is 0. The molecule has 9 heavy (non-hydrogen) atoms. The number of likely N-dealkylation sites (N-methyl/N-ethyl adjacent to an activating group) is 1. The molecule has 2 heteroatoms. The van der Waals surface area contributed by atoms with Crippen LogP contribution in [0.5, 0.6) is 0 Å². The third-order valence-electron chi connectivity index (χ3n) is 1.80. The predicted molar refractivity (Wildman–Crippen MR) is 39.5 cm³/mol. The summed E-state index contributed by atoms with van der Waals surface area (Å²) in [6.07, 6.45) is 1.15. The largest absolute Gasteiger partial charge is 0.395 e. The van der Waals surface area contributed by atoms with Crippen LogP contribution < -0.4 is 0 Å². The Bertz CT molecular complexity index is 65.9. The van der Waals surface area contributed by atoms with Gasteiger partial charge in [-0.3, -0.25) is 0 Å². The maximum atomic E-state index is 8.54. The summed E-state index contributed by atoms with van der Waals surface area (Å²) in [7, 11) is 2.03. The maximum absolute atomic E-state index is 8.54. The highest BCUT2D eigenvalue weighted by atomic mass is 16.3. The van der Waals surface area contributed by atoms with Gasteiger partial charge >= 0.3 is 0 Å². The highest BCUT2D eigenvalue weighted by Crippen LogP contribution is 1.97. The van der Waals surface area contributed by atoms with E-state index in [0.717, 1.165) is 13.0 Å². The van der Waals surface area contributed by atoms with Crippen LogP contribution in [-0.2, 0) is 0 Å². The lowest BCUT2D eigenvalue weighted by Gasteiger charge is -2.21. The summed E-state index contributed by atoms with van der Waals surface area (Å²) in [5, 5.41) is 8.54. The van der Waals surface area contributed by atoms with Crippen LogP contribution in [0.3, 0.4) is 0 Å². The van der Waals surface area contributed by atoms with Crippen LogP contribution >= 0.6 is 0 Å². The molecule has 0 unspecified atom stereocenters. The fourth-order valence-corrected chi connectivity index (χ4v) is 0.690. The zero-order valence-electron chi connectivity index (χ0n) is 6.59. The van der Waals surface area contributed by atoms with Crippen molar-refractivity contribution in [2.45, 2.75) is 26.3 Å². The Kier molecular flexibility index (Phi) is 4.72. The Morgan fingerprint density at radius 2 is 2.11 bits per heavy atom. The smallest absolute Gasteiger partial charge is 0.0558 e. The molecule has 0 heterocycles. The van der Waals surface area contributed by atoms with Gasteiger partial charge in [0.1, 0.15) is 0 Å². The molecule has 0 aromatic heterocycles. The molecule has 1 N–H and O–H groups in total. The Morgan fingerprint density at radius 1 is 1.56 bits per heavy atom. The van der Waals surface area contributed by atoms with Crippen LogP contribution in [0.2, 0.25) is 0 Å². The van der Waals surface area contributed by atoms with Gasteiger partial charge in [0.25, 0.3) is 0 Å². The van der Waals surface area contributed by atoms with Crippen LogP contribution in [0, 0.1) is 0 Å². The number of rotatable bonds is 4. The topological polar surface area (TPSA) is 23.5 Å². The molecule has 0 aromatic carbocycles. The molecule has 0 aromatic rings.